The highest BCUT2D eigenvalue weighted by Gasteiger charge is 2.64. The van der Waals surface area contributed by atoms with Crippen molar-refractivity contribution >= 4 is 12.3 Å². The maximum Gasteiger partial charge on any atom is 0.302 e. The normalized spacial score (nSPS) is 51.3. The molecule has 4 saturated carbocycles. The van der Waals surface area contributed by atoms with E-state index in [1.54, 1.807) is 0 Å². The van der Waals surface area contributed by atoms with Gasteiger partial charge >= 0.3 is 5.97 Å². The monoisotopic (exact) mass is 346 g/mol. The molecule has 0 aromatic heterocycles. The first kappa shape index (κ1) is 17.5. The molecule has 3 heteroatoms. The molecule has 4 fully saturated rings. The molecule has 2 bridgehead atoms. The second-order valence-electron chi connectivity index (χ2n) is 10.3. The third-order valence-electron chi connectivity index (χ3n) is 9.09. The molecular weight excluding hydrogens is 312 g/mol. The first-order valence-corrected chi connectivity index (χ1v) is 10.4. The van der Waals surface area contributed by atoms with Crippen LogP contribution in [0.25, 0.3) is 0 Å². The van der Waals surface area contributed by atoms with Crippen molar-refractivity contribution in [3.05, 3.63) is 0 Å². The predicted octanol–water partition coefficient (Wildman–Crippen LogP) is 4.78. The first-order chi connectivity index (χ1) is 11.8. The summed E-state index contributed by atoms with van der Waals surface area (Å²) in [6, 6.07) is 0. The summed E-state index contributed by atoms with van der Waals surface area (Å²) in [6.45, 7) is 6.89. The Balaban J connectivity index is 1.60. The van der Waals surface area contributed by atoms with Gasteiger partial charge in [-0.15, -0.1) is 0 Å². The van der Waals surface area contributed by atoms with Crippen LogP contribution < -0.4 is 0 Å². The van der Waals surface area contributed by atoms with Crippen molar-refractivity contribution in [3.8, 4) is 0 Å². The summed E-state index contributed by atoms with van der Waals surface area (Å²) in [5.41, 5.74) is 0.675. The number of aldehydes is 1. The van der Waals surface area contributed by atoms with Crippen molar-refractivity contribution in [2.24, 2.45) is 39.9 Å². The number of fused-ring (bicyclic) bond motifs is 3. The van der Waals surface area contributed by atoms with Crippen molar-refractivity contribution in [3.63, 3.8) is 0 Å². The number of hydrogen-bond donors (Lipinski definition) is 0. The van der Waals surface area contributed by atoms with Gasteiger partial charge in [-0.05, 0) is 85.9 Å². The quantitative estimate of drug-likeness (QED) is 0.546. The number of ether oxygens (including phenoxy) is 1. The van der Waals surface area contributed by atoms with Crippen LogP contribution in [-0.4, -0.2) is 18.9 Å². The fourth-order valence-electron chi connectivity index (χ4n) is 8.20. The Labute approximate surface area is 152 Å². The molecule has 1 spiro atoms. The van der Waals surface area contributed by atoms with Crippen LogP contribution in [0.1, 0.15) is 78.6 Å². The lowest BCUT2D eigenvalue weighted by Crippen LogP contribution is -2.56. The molecule has 4 rings (SSSR count). The molecule has 25 heavy (non-hydrogen) atoms. The van der Waals surface area contributed by atoms with Crippen molar-refractivity contribution < 1.29 is 14.3 Å². The van der Waals surface area contributed by atoms with Gasteiger partial charge in [-0.25, -0.2) is 0 Å². The van der Waals surface area contributed by atoms with Gasteiger partial charge in [0.15, 0.2) is 0 Å². The highest BCUT2D eigenvalue weighted by molar-refractivity contribution is 5.65. The molecule has 4 aliphatic carbocycles. The molecule has 0 amide bonds. The van der Waals surface area contributed by atoms with Crippen molar-refractivity contribution in [2.45, 2.75) is 78.6 Å². The molecule has 7 atom stereocenters. The van der Waals surface area contributed by atoms with Gasteiger partial charge in [0, 0.05) is 12.3 Å². The Bertz CT molecular complexity index is 572. The third-order valence-corrected chi connectivity index (χ3v) is 9.09. The van der Waals surface area contributed by atoms with E-state index in [2.05, 4.69) is 13.8 Å². The number of carbonyl (C=O) groups is 2. The maximum atomic E-state index is 11.9. The van der Waals surface area contributed by atoms with E-state index in [1.807, 2.05) is 0 Å². The van der Waals surface area contributed by atoms with Crippen LogP contribution in [-0.2, 0) is 14.3 Å². The predicted molar refractivity (Wildman–Crippen MR) is 96.9 cm³/mol. The largest absolute Gasteiger partial charge is 0.466 e. The number of carbonyl (C=O) groups excluding carboxylic acids is 2. The zero-order chi connectivity index (χ0) is 17.9. The van der Waals surface area contributed by atoms with Gasteiger partial charge in [0.1, 0.15) is 6.29 Å². The van der Waals surface area contributed by atoms with Crippen LogP contribution in [0.3, 0.4) is 0 Å². The van der Waals surface area contributed by atoms with E-state index >= 15 is 0 Å². The summed E-state index contributed by atoms with van der Waals surface area (Å²) in [6.07, 6.45) is 12.6. The minimum Gasteiger partial charge on any atom is -0.466 e. The van der Waals surface area contributed by atoms with Gasteiger partial charge in [0.05, 0.1) is 6.61 Å². The lowest BCUT2D eigenvalue weighted by atomic mass is 9.41. The highest BCUT2D eigenvalue weighted by atomic mass is 16.5. The van der Waals surface area contributed by atoms with Crippen molar-refractivity contribution in [2.75, 3.05) is 6.61 Å². The molecule has 3 nitrogen and oxygen atoms in total. The van der Waals surface area contributed by atoms with E-state index in [0.29, 0.717) is 29.3 Å². The molecule has 0 saturated heterocycles. The standard InChI is InChI=1S/C22H34O3/c1-15(24)25-13-17-12-22-10-7-18-20(2,14-23)8-4-9-21(18,3)19(22)6-5-16(17)11-22/h14,16-19H,4-13H2,1-3H3/t16-,17?,18?,19?,20+,21-,22+/m1/s1. The van der Waals surface area contributed by atoms with Gasteiger partial charge in [-0.2, -0.15) is 0 Å². The molecular formula is C22H34O3. The second-order valence-corrected chi connectivity index (χ2v) is 10.3. The van der Waals surface area contributed by atoms with Crippen LogP contribution in [0.4, 0.5) is 0 Å². The number of esters is 1. The van der Waals surface area contributed by atoms with Crippen LogP contribution in [0, 0.1) is 39.9 Å². The molecule has 0 aromatic carbocycles. The minimum absolute atomic E-state index is 0.110. The highest BCUT2D eigenvalue weighted by Crippen LogP contribution is 2.72. The molecule has 4 aliphatic rings. The lowest BCUT2D eigenvalue weighted by molar-refractivity contribution is -0.157. The van der Waals surface area contributed by atoms with Gasteiger partial charge in [-0.3, -0.25) is 4.79 Å². The molecule has 0 N–H and O–H groups in total. The average molecular weight is 347 g/mol. The summed E-state index contributed by atoms with van der Waals surface area (Å²) in [4.78, 5) is 23.2. The molecule has 0 aromatic rings. The SMILES string of the molecule is CC(=O)OCC1C[C@@]23CCC4[C@@](C)(CCC[C@@]4(C)C=O)C2CC[C@@H]1C3. The van der Waals surface area contributed by atoms with E-state index in [4.69, 9.17) is 4.74 Å². The molecule has 3 unspecified atom stereocenters. The molecule has 0 heterocycles. The van der Waals surface area contributed by atoms with Crippen molar-refractivity contribution in [1.29, 1.82) is 0 Å². The smallest absolute Gasteiger partial charge is 0.302 e. The second kappa shape index (κ2) is 5.82. The Morgan fingerprint density at radius 2 is 1.88 bits per heavy atom. The van der Waals surface area contributed by atoms with E-state index in [1.165, 1.54) is 64.6 Å². The Hall–Kier alpha value is -0.860. The number of hydrogen-bond acceptors (Lipinski definition) is 3. The number of rotatable bonds is 3. The summed E-state index contributed by atoms with van der Waals surface area (Å²) in [5.74, 6) is 2.50. The van der Waals surface area contributed by atoms with Crippen LogP contribution in [0.2, 0.25) is 0 Å². The van der Waals surface area contributed by atoms with Gasteiger partial charge < -0.3 is 9.53 Å². The first-order valence-electron chi connectivity index (χ1n) is 10.4. The zero-order valence-corrected chi connectivity index (χ0v) is 16.2. The van der Waals surface area contributed by atoms with Gasteiger partial charge in [0.2, 0.25) is 0 Å². The summed E-state index contributed by atoms with van der Waals surface area (Å²) < 4.78 is 5.41. The third kappa shape index (κ3) is 2.51. The molecule has 140 valence electrons. The maximum absolute atomic E-state index is 11.9. The fourth-order valence-corrected chi connectivity index (χ4v) is 8.20. The van der Waals surface area contributed by atoms with Gasteiger partial charge in [-0.1, -0.05) is 20.3 Å². The Morgan fingerprint density at radius 1 is 1.08 bits per heavy atom. The molecule has 0 radical (unpaired) electrons. The van der Waals surface area contributed by atoms with Gasteiger partial charge in [0.25, 0.3) is 0 Å². The van der Waals surface area contributed by atoms with E-state index in [0.717, 1.165) is 18.3 Å². The summed E-state index contributed by atoms with van der Waals surface area (Å²) in [5, 5.41) is 0. The lowest BCUT2D eigenvalue weighted by Gasteiger charge is -2.63. The van der Waals surface area contributed by atoms with Crippen molar-refractivity contribution in [1.82, 2.24) is 0 Å². The Kier molecular flexibility index (Phi) is 4.09. The van der Waals surface area contributed by atoms with E-state index < -0.39 is 0 Å². The summed E-state index contributed by atoms with van der Waals surface area (Å²) in [7, 11) is 0. The zero-order valence-electron chi connectivity index (χ0n) is 16.2. The fraction of sp³-hybridized carbons (Fsp3) is 0.909. The molecule has 0 aliphatic heterocycles. The summed E-state index contributed by atoms with van der Waals surface area (Å²) >= 11 is 0. The van der Waals surface area contributed by atoms with E-state index in [-0.39, 0.29) is 11.4 Å². The van der Waals surface area contributed by atoms with E-state index in [9.17, 15) is 9.59 Å². The van der Waals surface area contributed by atoms with Crippen LogP contribution in [0.15, 0.2) is 0 Å². The average Bonchev–Trinajstić information content (AvgIpc) is 2.83. The topological polar surface area (TPSA) is 43.4 Å². The van der Waals surface area contributed by atoms with Crippen LogP contribution in [0.5, 0.6) is 0 Å². The Morgan fingerprint density at radius 3 is 2.60 bits per heavy atom. The van der Waals surface area contributed by atoms with Crippen LogP contribution >= 0.6 is 0 Å². The minimum atomic E-state index is -0.139.